The van der Waals surface area contributed by atoms with Gasteiger partial charge in [0.15, 0.2) is 0 Å². The van der Waals surface area contributed by atoms with E-state index in [2.05, 4.69) is 36.1 Å². The average Bonchev–Trinajstić information content (AvgIpc) is 2.62. The van der Waals surface area contributed by atoms with Gasteiger partial charge in [-0.2, -0.15) is 10.2 Å². The average molecular weight is 337 g/mol. The third-order valence-electron chi connectivity index (χ3n) is 4.32. The van der Waals surface area contributed by atoms with Gasteiger partial charge in [0.05, 0.1) is 5.56 Å². The number of rotatable bonds is 4. The fraction of sp³-hybridized carbons (Fsp3) is 0.444. The Morgan fingerprint density at radius 1 is 1.16 bits per heavy atom. The van der Waals surface area contributed by atoms with Crippen LogP contribution in [0.3, 0.4) is 0 Å². The summed E-state index contributed by atoms with van der Waals surface area (Å²) in [6, 6.07) is 6.20. The first kappa shape index (κ1) is 17.0. The van der Waals surface area contributed by atoms with Gasteiger partial charge >= 0.3 is 0 Å². The zero-order valence-corrected chi connectivity index (χ0v) is 15.0. The molecule has 130 valence electrons. The maximum Gasteiger partial charge on any atom is 0.224 e. The predicted molar refractivity (Wildman–Crippen MR) is 99.0 cm³/mol. The van der Waals surface area contributed by atoms with Gasteiger partial charge in [-0.15, -0.1) is 0 Å². The van der Waals surface area contributed by atoms with E-state index in [9.17, 15) is 5.26 Å². The minimum Gasteiger partial charge on any atom is -0.354 e. The molecule has 0 spiro atoms. The first-order valence-corrected chi connectivity index (χ1v) is 8.57. The monoisotopic (exact) mass is 337 g/mol. The molecule has 0 amide bonds. The molecule has 0 bridgehead atoms. The van der Waals surface area contributed by atoms with Crippen LogP contribution in [0, 0.1) is 25.2 Å². The number of piperazine rings is 1. The van der Waals surface area contributed by atoms with Crippen LogP contribution in [0.2, 0.25) is 0 Å². The number of hydrogen-bond donors (Lipinski definition) is 1. The molecular weight excluding hydrogens is 314 g/mol. The number of aryl methyl sites for hydroxylation is 2. The fourth-order valence-corrected chi connectivity index (χ4v) is 3.10. The molecule has 0 aliphatic carbocycles. The Labute approximate surface area is 148 Å². The quantitative estimate of drug-likeness (QED) is 0.915. The zero-order valence-electron chi connectivity index (χ0n) is 15.0. The van der Waals surface area contributed by atoms with Crippen LogP contribution >= 0.6 is 0 Å². The summed E-state index contributed by atoms with van der Waals surface area (Å²) in [7, 11) is 0. The summed E-state index contributed by atoms with van der Waals surface area (Å²) in [5.74, 6) is 2.39. The molecule has 0 atom stereocenters. The molecule has 3 heterocycles. The van der Waals surface area contributed by atoms with Gasteiger partial charge in [0.1, 0.15) is 17.7 Å². The highest BCUT2D eigenvalue weighted by Gasteiger charge is 2.22. The Bertz CT molecular complexity index is 788. The Morgan fingerprint density at radius 3 is 2.56 bits per heavy atom. The third-order valence-corrected chi connectivity index (χ3v) is 4.32. The first-order chi connectivity index (χ1) is 12.1. The second-order valence-corrected chi connectivity index (χ2v) is 6.13. The van der Waals surface area contributed by atoms with Crippen molar-refractivity contribution in [1.29, 1.82) is 5.26 Å². The van der Waals surface area contributed by atoms with E-state index < -0.39 is 0 Å². The summed E-state index contributed by atoms with van der Waals surface area (Å²) in [6.07, 6.45) is 1.78. The van der Waals surface area contributed by atoms with Crippen LogP contribution in [-0.2, 0) is 0 Å². The van der Waals surface area contributed by atoms with Gasteiger partial charge in [-0.3, -0.25) is 0 Å². The standard InChI is InChI=1S/C18H23N7/c1-4-20-18-21-6-5-16(23-18)24-7-9-25(10-8-24)17-15(12-19)13(2)11-14(3)22-17/h5-6,11H,4,7-10H2,1-3H3,(H,20,21,23). The molecule has 0 radical (unpaired) electrons. The molecule has 7 nitrogen and oxygen atoms in total. The van der Waals surface area contributed by atoms with E-state index in [1.54, 1.807) is 6.20 Å². The molecule has 3 rings (SSSR count). The highest BCUT2D eigenvalue weighted by atomic mass is 15.3. The summed E-state index contributed by atoms with van der Waals surface area (Å²) in [5.41, 5.74) is 2.61. The number of nitriles is 1. The van der Waals surface area contributed by atoms with Crippen LogP contribution in [0.5, 0.6) is 0 Å². The van der Waals surface area contributed by atoms with Gasteiger partial charge in [-0.05, 0) is 38.5 Å². The van der Waals surface area contributed by atoms with E-state index in [0.29, 0.717) is 11.5 Å². The lowest BCUT2D eigenvalue weighted by Gasteiger charge is -2.36. The molecule has 1 aliphatic heterocycles. The van der Waals surface area contributed by atoms with E-state index in [4.69, 9.17) is 0 Å². The van der Waals surface area contributed by atoms with Crippen LogP contribution < -0.4 is 15.1 Å². The number of aromatic nitrogens is 3. The molecule has 2 aromatic heterocycles. The van der Waals surface area contributed by atoms with Crippen LogP contribution in [-0.4, -0.2) is 47.7 Å². The predicted octanol–water partition coefficient (Wildman–Crippen LogP) is 2.12. The van der Waals surface area contributed by atoms with Gasteiger partial charge in [0.25, 0.3) is 0 Å². The van der Waals surface area contributed by atoms with Gasteiger partial charge < -0.3 is 15.1 Å². The third kappa shape index (κ3) is 3.63. The minimum atomic E-state index is 0.658. The highest BCUT2D eigenvalue weighted by Crippen LogP contribution is 2.24. The molecule has 1 aliphatic rings. The Balaban J connectivity index is 1.75. The van der Waals surface area contributed by atoms with Crippen LogP contribution in [0.25, 0.3) is 0 Å². The van der Waals surface area contributed by atoms with E-state index in [1.165, 1.54) is 0 Å². The lowest BCUT2D eigenvalue weighted by molar-refractivity contribution is 0.640. The molecule has 7 heteroatoms. The van der Waals surface area contributed by atoms with Gasteiger partial charge in [-0.25, -0.2) is 9.97 Å². The summed E-state index contributed by atoms with van der Waals surface area (Å²) in [4.78, 5) is 17.8. The highest BCUT2D eigenvalue weighted by molar-refractivity contribution is 5.59. The molecule has 25 heavy (non-hydrogen) atoms. The maximum atomic E-state index is 9.48. The Hall–Kier alpha value is -2.88. The van der Waals surface area contributed by atoms with Crippen LogP contribution in [0.15, 0.2) is 18.3 Å². The number of pyridine rings is 1. The second kappa shape index (κ2) is 7.34. The second-order valence-electron chi connectivity index (χ2n) is 6.13. The van der Waals surface area contributed by atoms with E-state index >= 15 is 0 Å². The topological polar surface area (TPSA) is 81.0 Å². The molecule has 1 saturated heterocycles. The van der Waals surface area contributed by atoms with Crippen molar-refractivity contribution in [3.8, 4) is 6.07 Å². The molecule has 0 unspecified atom stereocenters. The van der Waals surface area contributed by atoms with Crippen molar-refractivity contribution >= 4 is 17.6 Å². The van der Waals surface area contributed by atoms with Gasteiger partial charge in [-0.1, -0.05) is 0 Å². The van der Waals surface area contributed by atoms with Crippen molar-refractivity contribution in [3.63, 3.8) is 0 Å². The van der Waals surface area contributed by atoms with Crippen molar-refractivity contribution in [3.05, 3.63) is 35.2 Å². The van der Waals surface area contributed by atoms with Crippen LogP contribution in [0.1, 0.15) is 23.7 Å². The summed E-state index contributed by atoms with van der Waals surface area (Å²) < 4.78 is 0. The molecule has 2 aromatic rings. The smallest absolute Gasteiger partial charge is 0.224 e. The first-order valence-electron chi connectivity index (χ1n) is 8.57. The normalized spacial score (nSPS) is 14.3. The maximum absolute atomic E-state index is 9.48. The molecule has 0 aromatic carbocycles. The molecule has 0 saturated carbocycles. The summed E-state index contributed by atoms with van der Waals surface area (Å²) in [6.45, 7) is 10.1. The van der Waals surface area contributed by atoms with Crippen molar-refractivity contribution in [2.45, 2.75) is 20.8 Å². The van der Waals surface area contributed by atoms with Crippen molar-refractivity contribution in [1.82, 2.24) is 15.0 Å². The van der Waals surface area contributed by atoms with Gasteiger partial charge in [0, 0.05) is 44.6 Å². The van der Waals surface area contributed by atoms with E-state index in [1.807, 2.05) is 32.9 Å². The number of hydrogen-bond acceptors (Lipinski definition) is 7. The number of nitrogens with zero attached hydrogens (tertiary/aromatic N) is 6. The van der Waals surface area contributed by atoms with Crippen molar-refractivity contribution in [2.75, 3.05) is 47.8 Å². The van der Waals surface area contributed by atoms with Gasteiger partial charge in [0.2, 0.25) is 5.95 Å². The fourth-order valence-electron chi connectivity index (χ4n) is 3.10. The molecule has 1 N–H and O–H groups in total. The lowest BCUT2D eigenvalue weighted by Crippen LogP contribution is -2.47. The Kier molecular flexibility index (Phi) is 4.98. The largest absolute Gasteiger partial charge is 0.354 e. The molecular formula is C18H23N7. The lowest BCUT2D eigenvalue weighted by atomic mass is 10.1. The summed E-state index contributed by atoms with van der Waals surface area (Å²) >= 11 is 0. The zero-order chi connectivity index (χ0) is 17.8. The SMILES string of the molecule is CCNc1nccc(N2CCN(c3nc(C)cc(C)c3C#N)CC2)n1. The van der Waals surface area contributed by atoms with E-state index in [-0.39, 0.29) is 0 Å². The minimum absolute atomic E-state index is 0.658. The van der Waals surface area contributed by atoms with Crippen LogP contribution in [0.4, 0.5) is 17.6 Å². The number of nitrogens with one attached hydrogen (secondary N) is 1. The van der Waals surface area contributed by atoms with E-state index in [0.717, 1.165) is 55.6 Å². The van der Waals surface area contributed by atoms with Crippen molar-refractivity contribution in [2.24, 2.45) is 0 Å². The Morgan fingerprint density at radius 2 is 1.88 bits per heavy atom. The summed E-state index contributed by atoms with van der Waals surface area (Å²) in [5, 5.41) is 12.6. The van der Waals surface area contributed by atoms with Crippen molar-refractivity contribution < 1.29 is 0 Å². The number of anilines is 3. The molecule has 1 fully saturated rings.